The molecule has 0 aliphatic carbocycles. The Hall–Kier alpha value is -3.08. The first-order valence-corrected chi connectivity index (χ1v) is 9.33. The van der Waals surface area contributed by atoms with E-state index < -0.39 is 0 Å². The molecular formula is C22H15Cl2N3O. The van der Waals surface area contributed by atoms with Crippen LogP contribution in [0.3, 0.4) is 0 Å². The number of H-pyrrole nitrogens is 1. The molecule has 2 N–H and O–H groups in total. The van der Waals surface area contributed by atoms with E-state index in [0.29, 0.717) is 32.7 Å². The molecule has 4 rings (SSSR count). The van der Waals surface area contributed by atoms with E-state index in [0.717, 1.165) is 11.1 Å². The molecule has 0 fully saturated rings. The van der Waals surface area contributed by atoms with Crippen LogP contribution in [0.1, 0.15) is 10.5 Å². The number of amides is 1. The smallest absolute Gasteiger partial charge is 0.273 e. The number of benzene rings is 3. The van der Waals surface area contributed by atoms with Crippen LogP contribution in [-0.4, -0.2) is 16.1 Å². The standard InChI is InChI=1S/C22H15Cl2N3O/c23-16-8-11-18(19(24)12-16)20-13-21(27-26-20)22(28)25-17-9-6-15(7-10-17)14-4-2-1-3-5-14/h1-13H,(H,25,28)(H,26,27). The number of hydrogen-bond acceptors (Lipinski definition) is 2. The maximum atomic E-state index is 12.5. The third kappa shape index (κ3) is 3.93. The largest absolute Gasteiger partial charge is 0.321 e. The van der Waals surface area contributed by atoms with Crippen molar-refractivity contribution in [3.8, 4) is 22.4 Å². The summed E-state index contributed by atoms with van der Waals surface area (Å²) in [4.78, 5) is 12.5. The van der Waals surface area contributed by atoms with Gasteiger partial charge in [-0.1, -0.05) is 65.7 Å². The highest BCUT2D eigenvalue weighted by Crippen LogP contribution is 2.29. The van der Waals surface area contributed by atoms with Crippen LogP contribution in [0.15, 0.2) is 78.9 Å². The summed E-state index contributed by atoms with van der Waals surface area (Å²) in [6.07, 6.45) is 0. The summed E-state index contributed by atoms with van der Waals surface area (Å²) in [5.41, 5.74) is 4.52. The number of nitrogens with zero attached hydrogens (tertiary/aromatic N) is 1. The molecule has 0 saturated carbocycles. The zero-order chi connectivity index (χ0) is 19.5. The van der Waals surface area contributed by atoms with E-state index in [2.05, 4.69) is 15.5 Å². The number of hydrogen-bond donors (Lipinski definition) is 2. The van der Waals surface area contributed by atoms with Crippen molar-refractivity contribution >= 4 is 34.8 Å². The van der Waals surface area contributed by atoms with E-state index in [1.165, 1.54) is 0 Å². The van der Waals surface area contributed by atoms with Gasteiger partial charge in [-0.05, 0) is 47.5 Å². The zero-order valence-corrected chi connectivity index (χ0v) is 16.1. The quantitative estimate of drug-likeness (QED) is 0.416. The third-order valence-electron chi connectivity index (χ3n) is 4.28. The number of anilines is 1. The summed E-state index contributed by atoms with van der Waals surface area (Å²) in [5.74, 6) is -0.281. The molecule has 0 unspecified atom stereocenters. The molecule has 0 radical (unpaired) electrons. The Bertz CT molecular complexity index is 1120. The first kappa shape index (κ1) is 18.3. The van der Waals surface area contributed by atoms with Crippen LogP contribution in [0, 0.1) is 0 Å². The number of aromatic amines is 1. The zero-order valence-electron chi connectivity index (χ0n) is 14.6. The predicted molar refractivity (Wildman–Crippen MR) is 114 cm³/mol. The average Bonchev–Trinajstić information content (AvgIpc) is 3.19. The van der Waals surface area contributed by atoms with Crippen molar-refractivity contribution < 1.29 is 4.79 Å². The molecule has 138 valence electrons. The molecule has 1 heterocycles. The normalized spacial score (nSPS) is 10.6. The van der Waals surface area contributed by atoms with Gasteiger partial charge in [0.25, 0.3) is 5.91 Å². The van der Waals surface area contributed by atoms with E-state index in [1.54, 1.807) is 24.3 Å². The van der Waals surface area contributed by atoms with Gasteiger partial charge in [0.2, 0.25) is 0 Å². The second-order valence-electron chi connectivity index (χ2n) is 6.19. The van der Waals surface area contributed by atoms with Gasteiger partial charge >= 0.3 is 0 Å². The van der Waals surface area contributed by atoms with E-state index in [4.69, 9.17) is 23.2 Å². The molecule has 1 aromatic heterocycles. The first-order chi connectivity index (χ1) is 13.6. The molecule has 0 aliphatic heterocycles. The fourth-order valence-corrected chi connectivity index (χ4v) is 3.35. The number of carbonyl (C=O) groups excluding carboxylic acids is 1. The van der Waals surface area contributed by atoms with Gasteiger partial charge in [0, 0.05) is 16.3 Å². The van der Waals surface area contributed by atoms with E-state index in [9.17, 15) is 4.79 Å². The van der Waals surface area contributed by atoms with Crippen molar-refractivity contribution in [2.45, 2.75) is 0 Å². The highest BCUT2D eigenvalue weighted by atomic mass is 35.5. The lowest BCUT2D eigenvalue weighted by molar-refractivity contribution is 0.102. The van der Waals surface area contributed by atoms with Crippen LogP contribution in [0.2, 0.25) is 10.0 Å². The van der Waals surface area contributed by atoms with E-state index >= 15 is 0 Å². The fraction of sp³-hybridized carbons (Fsp3) is 0. The SMILES string of the molecule is O=C(Nc1ccc(-c2ccccc2)cc1)c1cc(-c2ccc(Cl)cc2Cl)n[nH]1. The van der Waals surface area contributed by atoms with Crippen LogP contribution >= 0.6 is 23.2 Å². The lowest BCUT2D eigenvalue weighted by Gasteiger charge is -2.06. The number of halogens is 2. The Kier molecular flexibility index (Phi) is 5.15. The van der Waals surface area contributed by atoms with E-state index in [1.807, 2.05) is 54.6 Å². The van der Waals surface area contributed by atoms with Gasteiger partial charge in [0.1, 0.15) is 5.69 Å². The molecule has 1 amide bonds. The van der Waals surface area contributed by atoms with Crippen LogP contribution in [-0.2, 0) is 0 Å². The van der Waals surface area contributed by atoms with Crippen molar-refractivity contribution in [2.24, 2.45) is 0 Å². The number of aromatic nitrogens is 2. The minimum Gasteiger partial charge on any atom is -0.321 e. The van der Waals surface area contributed by atoms with Gasteiger partial charge < -0.3 is 5.32 Å². The van der Waals surface area contributed by atoms with Crippen molar-refractivity contribution in [3.05, 3.63) is 94.6 Å². The van der Waals surface area contributed by atoms with E-state index in [-0.39, 0.29) is 5.91 Å². The van der Waals surface area contributed by atoms with Crippen LogP contribution in [0.5, 0.6) is 0 Å². The maximum Gasteiger partial charge on any atom is 0.273 e. The molecule has 0 atom stereocenters. The van der Waals surface area contributed by atoms with Gasteiger partial charge in [-0.25, -0.2) is 0 Å². The van der Waals surface area contributed by atoms with Crippen LogP contribution < -0.4 is 5.32 Å². The van der Waals surface area contributed by atoms with Gasteiger partial charge in [0.15, 0.2) is 0 Å². The summed E-state index contributed by atoms with van der Waals surface area (Å²) in [6, 6.07) is 24.5. The van der Waals surface area contributed by atoms with Gasteiger partial charge in [0.05, 0.1) is 10.7 Å². The van der Waals surface area contributed by atoms with Crippen molar-refractivity contribution in [1.82, 2.24) is 10.2 Å². The Morgan fingerprint density at radius 3 is 2.29 bits per heavy atom. The molecule has 4 nitrogen and oxygen atoms in total. The highest BCUT2D eigenvalue weighted by Gasteiger charge is 2.13. The number of carbonyl (C=O) groups is 1. The summed E-state index contributed by atoms with van der Waals surface area (Å²) in [5, 5.41) is 10.8. The van der Waals surface area contributed by atoms with Crippen LogP contribution in [0.4, 0.5) is 5.69 Å². The monoisotopic (exact) mass is 407 g/mol. The van der Waals surface area contributed by atoms with Gasteiger partial charge in [-0.3, -0.25) is 9.89 Å². The van der Waals surface area contributed by atoms with Gasteiger partial charge in [-0.2, -0.15) is 5.10 Å². The molecule has 0 bridgehead atoms. The summed E-state index contributed by atoms with van der Waals surface area (Å²) in [7, 11) is 0. The van der Waals surface area contributed by atoms with Crippen molar-refractivity contribution in [3.63, 3.8) is 0 Å². The average molecular weight is 408 g/mol. The second-order valence-corrected chi connectivity index (χ2v) is 7.03. The predicted octanol–water partition coefficient (Wildman–Crippen LogP) is 6.30. The third-order valence-corrected chi connectivity index (χ3v) is 4.83. The Labute approximate surface area is 172 Å². The van der Waals surface area contributed by atoms with Gasteiger partial charge in [-0.15, -0.1) is 0 Å². The number of nitrogens with one attached hydrogen (secondary N) is 2. The lowest BCUT2D eigenvalue weighted by atomic mass is 10.1. The molecule has 3 aromatic carbocycles. The number of rotatable bonds is 4. The lowest BCUT2D eigenvalue weighted by Crippen LogP contribution is -2.12. The fourth-order valence-electron chi connectivity index (χ4n) is 2.85. The van der Waals surface area contributed by atoms with Crippen molar-refractivity contribution in [2.75, 3.05) is 5.32 Å². The Balaban J connectivity index is 1.49. The minimum absolute atomic E-state index is 0.281. The maximum absolute atomic E-state index is 12.5. The molecule has 28 heavy (non-hydrogen) atoms. The topological polar surface area (TPSA) is 57.8 Å². The highest BCUT2D eigenvalue weighted by molar-refractivity contribution is 6.36. The van der Waals surface area contributed by atoms with Crippen molar-refractivity contribution in [1.29, 1.82) is 0 Å². The van der Waals surface area contributed by atoms with Crippen LogP contribution in [0.25, 0.3) is 22.4 Å². The molecule has 6 heteroatoms. The second kappa shape index (κ2) is 7.89. The summed E-state index contributed by atoms with van der Waals surface area (Å²) < 4.78 is 0. The minimum atomic E-state index is -0.281. The Morgan fingerprint density at radius 1 is 0.857 bits per heavy atom. The molecular weight excluding hydrogens is 393 g/mol. The molecule has 4 aromatic rings. The molecule has 0 spiro atoms. The molecule has 0 saturated heterocycles. The summed E-state index contributed by atoms with van der Waals surface area (Å²) >= 11 is 12.1. The first-order valence-electron chi connectivity index (χ1n) is 8.58. The molecule has 0 aliphatic rings. The summed E-state index contributed by atoms with van der Waals surface area (Å²) in [6.45, 7) is 0. The Morgan fingerprint density at radius 2 is 1.57 bits per heavy atom.